The number of methoxy groups -OCH3 is 1. The highest BCUT2D eigenvalue weighted by molar-refractivity contribution is 5.28. The summed E-state index contributed by atoms with van der Waals surface area (Å²) in [7, 11) is 1.61. The molecule has 4 nitrogen and oxygen atoms in total. The Morgan fingerprint density at radius 3 is 2.62 bits per heavy atom. The van der Waals surface area contributed by atoms with E-state index in [1.54, 1.807) is 19.4 Å². The van der Waals surface area contributed by atoms with Crippen LogP contribution < -0.4 is 14.8 Å². The summed E-state index contributed by atoms with van der Waals surface area (Å²) in [6.45, 7) is 3.48. The minimum atomic E-state index is -0.410. The molecule has 0 atom stereocenters. The Balaban J connectivity index is 2.01. The van der Waals surface area contributed by atoms with Crippen LogP contribution in [0.25, 0.3) is 0 Å². The van der Waals surface area contributed by atoms with Crippen LogP contribution in [0, 0.1) is 5.82 Å². The van der Waals surface area contributed by atoms with Crippen LogP contribution in [0.1, 0.15) is 18.1 Å². The van der Waals surface area contributed by atoms with E-state index in [0.717, 1.165) is 17.9 Å². The molecule has 0 radical (unpaired) electrons. The standard InChI is InChI=1S/C16H19FN2O2/c1-3-18-10-13-8-9-19-16(15(13)17)21-11-12-4-6-14(20-2)7-5-12/h4-9,18H,3,10-11H2,1-2H3. The molecule has 0 saturated carbocycles. The van der Waals surface area contributed by atoms with Crippen molar-refractivity contribution in [1.29, 1.82) is 0 Å². The van der Waals surface area contributed by atoms with Crippen molar-refractivity contribution in [3.05, 3.63) is 53.5 Å². The van der Waals surface area contributed by atoms with Gasteiger partial charge in [0.05, 0.1) is 7.11 Å². The average molecular weight is 290 g/mol. The highest BCUT2D eigenvalue weighted by Crippen LogP contribution is 2.19. The Morgan fingerprint density at radius 2 is 1.95 bits per heavy atom. The first-order valence-corrected chi connectivity index (χ1v) is 6.84. The van der Waals surface area contributed by atoms with Gasteiger partial charge in [0.1, 0.15) is 12.4 Å². The summed E-state index contributed by atoms with van der Waals surface area (Å²) in [5.41, 5.74) is 1.48. The van der Waals surface area contributed by atoms with E-state index in [0.29, 0.717) is 12.1 Å². The van der Waals surface area contributed by atoms with Gasteiger partial charge >= 0.3 is 0 Å². The molecule has 0 spiro atoms. The number of benzene rings is 1. The molecule has 0 fully saturated rings. The van der Waals surface area contributed by atoms with Crippen molar-refractivity contribution >= 4 is 0 Å². The summed E-state index contributed by atoms with van der Waals surface area (Å²) >= 11 is 0. The Labute approximate surface area is 123 Å². The van der Waals surface area contributed by atoms with Crippen LogP contribution in [0.4, 0.5) is 4.39 Å². The molecule has 0 saturated heterocycles. The maximum Gasteiger partial charge on any atom is 0.251 e. The second-order valence-electron chi connectivity index (χ2n) is 4.51. The Bertz CT molecular complexity index is 573. The molecule has 1 aromatic heterocycles. The topological polar surface area (TPSA) is 43.4 Å². The van der Waals surface area contributed by atoms with Gasteiger partial charge in [0, 0.05) is 18.3 Å². The Kier molecular flexibility index (Phi) is 5.51. The predicted molar refractivity (Wildman–Crippen MR) is 78.9 cm³/mol. The molecule has 112 valence electrons. The second-order valence-corrected chi connectivity index (χ2v) is 4.51. The molecular formula is C16H19FN2O2. The van der Waals surface area contributed by atoms with Crippen molar-refractivity contribution in [1.82, 2.24) is 10.3 Å². The molecule has 0 aliphatic heterocycles. The first-order chi connectivity index (χ1) is 10.2. The average Bonchev–Trinajstić information content (AvgIpc) is 2.53. The zero-order valence-electron chi connectivity index (χ0n) is 12.2. The number of rotatable bonds is 7. The first-order valence-electron chi connectivity index (χ1n) is 6.84. The Hall–Kier alpha value is -2.14. The van der Waals surface area contributed by atoms with Crippen LogP contribution in [-0.4, -0.2) is 18.6 Å². The lowest BCUT2D eigenvalue weighted by atomic mass is 10.2. The maximum absolute atomic E-state index is 14.2. The number of nitrogens with one attached hydrogen (secondary N) is 1. The highest BCUT2D eigenvalue weighted by atomic mass is 19.1. The van der Waals surface area contributed by atoms with Crippen LogP contribution in [0.15, 0.2) is 36.5 Å². The van der Waals surface area contributed by atoms with Crippen molar-refractivity contribution < 1.29 is 13.9 Å². The highest BCUT2D eigenvalue weighted by Gasteiger charge is 2.10. The molecule has 0 bridgehead atoms. The van der Waals surface area contributed by atoms with Crippen LogP contribution >= 0.6 is 0 Å². The molecule has 5 heteroatoms. The minimum absolute atomic E-state index is 0.0289. The van der Waals surface area contributed by atoms with Crippen molar-refractivity contribution in [2.24, 2.45) is 0 Å². The lowest BCUT2D eigenvalue weighted by molar-refractivity contribution is 0.275. The Morgan fingerprint density at radius 1 is 1.19 bits per heavy atom. The van der Waals surface area contributed by atoms with Gasteiger partial charge in [-0.15, -0.1) is 0 Å². The second kappa shape index (κ2) is 7.59. The van der Waals surface area contributed by atoms with Gasteiger partial charge < -0.3 is 14.8 Å². The number of ether oxygens (including phenoxy) is 2. The predicted octanol–water partition coefficient (Wildman–Crippen LogP) is 2.92. The number of hydrogen-bond acceptors (Lipinski definition) is 4. The number of nitrogens with zero attached hydrogens (tertiary/aromatic N) is 1. The summed E-state index contributed by atoms with van der Waals surface area (Å²) in [6.07, 6.45) is 1.55. The van der Waals surface area contributed by atoms with Crippen LogP contribution in [0.2, 0.25) is 0 Å². The maximum atomic E-state index is 14.2. The van der Waals surface area contributed by atoms with E-state index >= 15 is 0 Å². The number of aromatic nitrogens is 1. The fourth-order valence-corrected chi connectivity index (χ4v) is 1.83. The van der Waals surface area contributed by atoms with Gasteiger partial charge in [-0.1, -0.05) is 19.1 Å². The van der Waals surface area contributed by atoms with E-state index in [1.165, 1.54) is 0 Å². The number of hydrogen-bond donors (Lipinski definition) is 1. The van der Waals surface area contributed by atoms with Crippen LogP contribution in [0.5, 0.6) is 11.6 Å². The third-order valence-electron chi connectivity index (χ3n) is 3.04. The zero-order chi connectivity index (χ0) is 15.1. The molecule has 2 aromatic rings. The van der Waals surface area contributed by atoms with E-state index < -0.39 is 5.82 Å². The van der Waals surface area contributed by atoms with E-state index in [1.807, 2.05) is 31.2 Å². The molecule has 1 heterocycles. The minimum Gasteiger partial charge on any atom is -0.497 e. The number of halogens is 1. The summed E-state index contributed by atoms with van der Waals surface area (Å²) in [6, 6.07) is 9.07. The molecular weight excluding hydrogens is 271 g/mol. The van der Waals surface area contributed by atoms with Gasteiger partial charge in [0.25, 0.3) is 5.88 Å². The van der Waals surface area contributed by atoms with E-state index in [4.69, 9.17) is 9.47 Å². The van der Waals surface area contributed by atoms with Crippen molar-refractivity contribution in [3.8, 4) is 11.6 Å². The lowest BCUT2D eigenvalue weighted by Crippen LogP contribution is -2.13. The normalized spacial score (nSPS) is 10.4. The van der Waals surface area contributed by atoms with Gasteiger partial charge in [-0.3, -0.25) is 0 Å². The van der Waals surface area contributed by atoms with Gasteiger partial charge in [-0.05, 0) is 30.3 Å². The van der Waals surface area contributed by atoms with Crippen LogP contribution in [-0.2, 0) is 13.2 Å². The van der Waals surface area contributed by atoms with Gasteiger partial charge in [0.15, 0.2) is 5.82 Å². The smallest absolute Gasteiger partial charge is 0.251 e. The zero-order valence-corrected chi connectivity index (χ0v) is 12.2. The van der Waals surface area contributed by atoms with Crippen LogP contribution in [0.3, 0.4) is 0 Å². The molecule has 2 rings (SSSR count). The molecule has 0 unspecified atom stereocenters. The van der Waals surface area contributed by atoms with Crippen molar-refractivity contribution in [2.45, 2.75) is 20.1 Å². The quantitative estimate of drug-likeness (QED) is 0.851. The molecule has 1 N–H and O–H groups in total. The molecule has 0 amide bonds. The molecule has 21 heavy (non-hydrogen) atoms. The first kappa shape index (κ1) is 15.3. The molecule has 0 aliphatic rings. The van der Waals surface area contributed by atoms with Gasteiger partial charge in [-0.25, -0.2) is 9.37 Å². The molecule has 1 aromatic carbocycles. The largest absolute Gasteiger partial charge is 0.497 e. The van der Waals surface area contributed by atoms with Crippen molar-refractivity contribution in [2.75, 3.05) is 13.7 Å². The monoisotopic (exact) mass is 290 g/mol. The molecule has 0 aliphatic carbocycles. The van der Waals surface area contributed by atoms with Gasteiger partial charge in [0.2, 0.25) is 0 Å². The summed E-state index contributed by atoms with van der Waals surface area (Å²) < 4.78 is 24.7. The third kappa shape index (κ3) is 4.16. The number of pyridine rings is 1. The van der Waals surface area contributed by atoms with E-state index in [-0.39, 0.29) is 12.5 Å². The summed E-state index contributed by atoms with van der Waals surface area (Å²) in [4.78, 5) is 3.95. The lowest BCUT2D eigenvalue weighted by Gasteiger charge is -2.10. The van der Waals surface area contributed by atoms with E-state index in [9.17, 15) is 4.39 Å². The summed E-state index contributed by atoms with van der Waals surface area (Å²) in [5.74, 6) is 0.392. The fraction of sp³-hybridized carbons (Fsp3) is 0.312. The fourth-order valence-electron chi connectivity index (χ4n) is 1.83. The van der Waals surface area contributed by atoms with Gasteiger partial charge in [-0.2, -0.15) is 0 Å². The van der Waals surface area contributed by atoms with E-state index in [2.05, 4.69) is 10.3 Å². The summed E-state index contributed by atoms with van der Waals surface area (Å²) in [5, 5.41) is 3.08. The third-order valence-corrected chi connectivity index (χ3v) is 3.04. The SMILES string of the molecule is CCNCc1ccnc(OCc2ccc(OC)cc2)c1F. The van der Waals surface area contributed by atoms with Crippen molar-refractivity contribution in [3.63, 3.8) is 0 Å².